The molecule has 2 heterocycles. The topological polar surface area (TPSA) is 35.6 Å². The smallest absolute Gasteiger partial charge is 0.159 e. The molecule has 0 atom stereocenters. The van der Waals surface area contributed by atoms with Crippen molar-refractivity contribution in [3.63, 3.8) is 0 Å². The van der Waals surface area contributed by atoms with Crippen molar-refractivity contribution in [3.05, 3.63) is 11.5 Å². The highest BCUT2D eigenvalue weighted by atomic mass is 35.5. The summed E-state index contributed by atoms with van der Waals surface area (Å²) in [6.45, 7) is 13.4. The lowest BCUT2D eigenvalue weighted by molar-refractivity contribution is 0.214. The van der Waals surface area contributed by atoms with E-state index in [9.17, 15) is 0 Å². The van der Waals surface area contributed by atoms with Gasteiger partial charge in [0.15, 0.2) is 5.65 Å². The molecular formula is C16H27ClN4. The minimum Gasteiger partial charge on any atom is -0.306 e. The summed E-state index contributed by atoms with van der Waals surface area (Å²) in [6.07, 6.45) is 1.93. The van der Waals surface area contributed by atoms with Gasteiger partial charge in [-0.05, 0) is 32.1 Å². The Labute approximate surface area is 132 Å². The quantitative estimate of drug-likeness (QED) is 0.792. The molecule has 0 aliphatic rings. The molecule has 118 valence electrons. The number of rotatable bonds is 4. The molecular weight excluding hydrogens is 284 g/mol. The first-order chi connectivity index (χ1) is 9.60. The van der Waals surface area contributed by atoms with E-state index in [1.165, 1.54) is 0 Å². The highest BCUT2D eigenvalue weighted by Crippen LogP contribution is 2.36. The summed E-state index contributed by atoms with van der Waals surface area (Å²) in [5, 5.41) is 4.60. The van der Waals surface area contributed by atoms with Crippen LogP contribution in [-0.4, -0.2) is 19.3 Å². The Bertz CT molecular complexity index is 643. The van der Waals surface area contributed by atoms with Crippen molar-refractivity contribution < 1.29 is 0 Å². The Kier molecular flexibility index (Phi) is 4.13. The molecule has 4 nitrogen and oxygen atoms in total. The fraction of sp³-hybridized carbons (Fsp3) is 0.750. The fourth-order valence-corrected chi connectivity index (χ4v) is 3.74. The monoisotopic (exact) mass is 310 g/mol. The predicted octanol–water partition coefficient (Wildman–Crippen LogP) is 4.24. The van der Waals surface area contributed by atoms with Crippen molar-refractivity contribution in [2.75, 3.05) is 0 Å². The van der Waals surface area contributed by atoms with E-state index in [2.05, 4.69) is 51.2 Å². The SMILES string of the molecule is CCc1nn(C)c2c1nc(CCl)n2C(C)(C)CC(C)(C)C. The predicted molar refractivity (Wildman–Crippen MR) is 88.8 cm³/mol. The van der Waals surface area contributed by atoms with Gasteiger partial charge in [0.2, 0.25) is 0 Å². The van der Waals surface area contributed by atoms with Gasteiger partial charge in [0, 0.05) is 12.6 Å². The molecule has 21 heavy (non-hydrogen) atoms. The van der Waals surface area contributed by atoms with Crippen LogP contribution >= 0.6 is 11.6 Å². The van der Waals surface area contributed by atoms with E-state index in [0.717, 1.165) is 35.5 Å². The number of hydrogen-bond acceptors (Lipinski definition) is 2. The third-order valence-corrected chi connectivity index (χ3v) is 4.03. The summed E-state index contributed by atoms with van der Waals surface area (Å²) in [5.41, 5.74) is 3.30. The molecule has 0 aliphatic carbocycles. The standard InChI is InChI=1S/C16H27ClN4/c1-8-11-13-14(20(7)19-11)21(12(9-17)18-13)16(5,6)10-15(2,3)4/h8-10H2,1-7H3. The van der Waals surface area contributed by atoms with Crippen molar-refractivity contribution in [2.24, 2.45) is 12.5 Å². The molecule has 0 aliphatic heterocycles. The minimum absolute atomic E-state index is 0.0595. The first kappa shape index (κ1) is 16.3. The second-order valence-corrected chi connectivity index (χ2v) is 7.91. The van der Waals surface area contributed by atoms with Gasteiger partial charge in [-0.25, -0.2) is 4.98 Å². The Morgan fingerprint density at radius 2 is 1.76 bits per heavy atom. The summed E-state index contributed by atoms with van der Waals surface area (Å²) < 4.78 is 4.23. The van der Waals surface area contributed by atoms with E-state index in [4.69, 9.17) is 16.6 Å². The summed E-state index contributed by atoms with van der Waals surface area (Å²) >= 11 is 6.17. The van der Waals surface area contributed by atoms with E-state index < -0.39 is 0 Å². The van der Waals surface area contributed by atoms with Gasteiger partial charge in [-0.1, -0.05) is 27.7 Å². The Morgan fingerprint density at radius 3 is 2.24 bits per heavy atom. The van der Waals surface area contributed by atoms with Gasteiger partial charge in [-0.15, -0.1) is 11.6 Å². The summed E-state index contributed by atoms with van der Waals surface area (Å²) in [5.74, 6) is 1.36. The van der Waals surface area contributed by atoms with E-state index in [1.54, 1.807) is 0 Å². The lowest BCUT2D eigenvalue weighted by Crippen LogP contribution is -2.33. The maximum Gasteiger partial charge on any atom is 0.159 e. The molecule has 2 aromatic rings. The molecule has 0 aromatic carbocycles. The van der Waals surface area contributed by atoms with E-state index >= 15 is 0 Å². The molecule has 0 amide bonds. The summed E-state index contributed by atoms with van der Waals surface area (Å²) in [4.78, 5) is 4.77. The molecule has 0 radical (unpaired) electrons. The number of hydrogen-bond donors (Lipinski definition) is 0. The van der Waals surface area contributed by atoms with Crippen LogP contribution in [0.1, 0.15) is 59.5 Å². The molecule has 5 heteroatoms. The number of halogens is 1. The van der Waals surface area contributed by atoms with Crippen LogP contribution in [0.4, 0.5) is 0 Å². The van der Waals surface area contributed by atoms with Gasteiger partial charge in [-0.2, -0.15) is 5.10 Å². The summed E-state index contributed by atoms with van der Waals surface area (Å²) in [7, 11) is 1.99. The Hall–Kier alpha value is -1.03. The largest absolute Gasteiger partial charge is 0.306 e. The average Bonchev–Trinajstić information content (AvgIpc) is 2.84. The second-order valence-electron chi connectivity index (χ2n) is 7.64. The first-order valence-corrected chi connectivity index (χ1v) is 8.14. The molecule has 2 rings (SSSR count). The number of nitrogens with zero attached hydrogens (tertiary/aromatic N) is 4. The van der Waals surface area contributed by atoms with Crippen LogP contribution in [-0.2, 0) is 24.9 Å². The first-order valence-electron chi connectivity index (χ1n) is 7.60. The van der Waals surface area contributed by atoms with Crippen molar-refractivity contribution in [3.8, 4) is 0 Å². The Morgan fingerprint density at radius 1 is 1.14 bits per heavy atom. The Balaban J connectivity index is 2.69. The van der Waals surface area contributed by atoms with Gasteiger partial charge in [-0.3, -0.25) is 4.68 Å². The molecule has 0 N–H and O–H groups in total. The normalized spacial score (nSPS) is 13.3. The molecule has 0 spiro atoms. The fourth-order valence-electron chi connectivity index (χ4n) is 3.57. The highest BCUT2D eigenvalue weighted by molar-refractivity contribution is 6.16. The number of aromatic nitrogens is 4. The van der Waals surface area contributed by atoms with Crippen molar-refractivity contribution in [1.82, 2.24) is 19.3 Å². The van der Waals surface area contributed by atoms with Crippen LogP contribution in [0.3, 0.4) is 0 Å². The maximum atomic E-state index is 6.17. The third-order valence-electron chi connectivity index (χ3n) is 3.80. The molecule has 0 saturated heterocycles. The van der Waals surface area contributed by atoms with Crippen LogP contribution in [0.2, 0.25) is 0 Å². The van der Waals surface area contributed by atoms with Gasteiger partial charge in [0.25, 0.3) is 0 Å². The zero-order chi connectivity index (χ0) is 16.0. The highest BCUT2D eigenvalue weighted by Gasteiger charge is 2.32. The molecule has 0 unspecified atom stereocenters. The molecule has 0 bridgehead atoms. The van der Waals surface area contributed by atoms with Crippen molar-refractivity contribution in [2.45, 2.75) is 65.8 Å². The lowest BCUT2D eigenvalue weighted by Gasteiger charge is -2.35. The summed E-state index contributed by atoms with van der Waals surface area (Å²) in [6, 6.07) is 0. The number of imidazole rings is 1. The molecule has 0 fully saturated rings. The molecule has 2 aromatic heterocycles. The van der Waals surface area contributed by atoms with Crippen molar-refractivity contribution in [1.29, 1.82) is 0 Å². The second kappa shape index (κ2) is 5.31. The van der Waals surface area contributed by atoms with Gasteiger partial charge in [0.05, 0.1) is 11.6 Å². The van der Waals surface area contributed by atoms with Crippen LogP contribution in [0.15, 0.2) is 0 Å². The van der Waals surface area contributed by atoms with E-state index in [0.29, 0.717) is 5.88 Å². The van der Waals surface area contributed by atoms with E-state index in [-0.39, 0.29) is 11.0 Å². The van der Waals surface area contributed by atoms with Crippen LogP contribution in [0.5, 0.6) is 0 Å². The van der Waals surface area contributed by atoms with Gasteiger partial charge >= 0.3 is 0 Å². The minimum atomic E-state index is -0.0595. The lowest BCUT2D eigenvalue weighted by atomic mass is 9.81. The van der Waals surface area contributed by atoms with Gasteiger partial charge < -0.3 is 4.57 Å². The van der Waals surface area contributed by atoms with E-state index in [1.807, 2.05) is 11.7 Å². The zero-order valence-corrected chi connectivity index (χ0v) is 15.0. The van der Waals surface area contributed by atoms with Crippen LogP contribution < -0.4 is 0 Å². The zero-order valence-electron chi connectivity index (χ0n) is 14.3. The number of aryl methyl sites for hydroxylation is 2. The van der Waals surface area contributed by atoms with Crippen molar-refractivity contribution >= 4 is 22.8 Å². The maximum absolute atomic E-state index is 6.17. The van der Waals surface area contributed by atoms with Crippen LogP contribution in [0, 0.1) is 5.41 Å². The van der Waals surface area contributed by atoms with Gasteiger partial charge in [0.1, 0.15) is 11.3 Å². The number of alkyl halides is 1. The third kappa shape index (κ3) is 2.96. The van der Waals surface area contributed by atoms with Crippen LogP contribution in [0.25, 0.3) is 11.2 Å². The average molecular weight is 311 g/mol. The number of fused-ring (bicyclic) bond motifs is 1. The molecule has 0 saturated carbocycles.